The van der Waals surface area contributed by atoms with Crippen LogP contribution in [-0.2, 0) is 4.79 Å². The Morgan fingerprint density at radius 1 is 1.41 bits per heavy atom. The normalized spacial score (nSPS) is 15.5. The van der Waals surface area contributed by atoms with Crippen LogP contribution >= 0.6 is 11.8 Å². The van der Waals surface area contributed by atoms with Crippen molar-refractivity contribution >= 4 is 17.7 Å². The maximum absolute atomic E-state index is 9.60. The smallest absolute Gasteiger partial charge is 0.330 e. The first-order valence-electron chi connectivity index (χ1n) is 5.18. The predicted octanol–water partition coefficient (Wildman–Crippen LogP) is 3.16. The number of thioether (sulfide) groups is 1. The zero-order valence-corrected chi connectivity index (χ0v) is 10.9. The number of hydrogen-bond donors (Lipinski definition) is 2. The Morgan fingerprint density at radius 3 is 1.88 bits per heavy atom. The van der Waals surface area contributed by atoms with Crippen molar-refractivity contribution in [1.29, 1.82) is 0 Å². The molecule has 0 aromatic heterocycles. The van der Waals surface area contributed by atoms with E-state index in [1.54, 1.807) is 24.3 Å². The molecule has 1 heterocycles. The minimum absolute atomic E-state index is 0.176. The zero-order valence-electron chi connectivity index (χ0n) is 10.1. The molecule has 1 unspecified atom stereocenters. The number of hydrogen-bond acceptors (Lipinski definition) is 3. The van der Waals surface area contributed by atoms with E-state index in [4.69, 9.17) is 10.2 Å². The molecule has 1 atom stereocenters. The molecule has 1 aliphatic rings. The summed E-state index contributed by atoms with van der Waals surface area (Å²) in [6.07, 6.45) is 0. The number of rotatable bonds is 1. The molecule has 0 spiro atoms. The van der Waals surface area contributed by atoms with Crippen LogP contribution in [0.3, 0.4) is 0 Å². The van der Waals surface area contributed by atoms with Gasteiger partial charge in [-0.2, -0.15) is 11.8 Å². The van der Waals surface area contributed by atoms with E-state index < -0.39 is 5.97 Å². The maximum atomic E-state index is 9.60. The van der Waals surface area contributed by atoms with Gasteiger partial charge in [-0.25, -0.2) is 4.79 Å². The van der Waals surface area contributed by atoms with Gasteiger partial charge >= 0.3 is 5.97 Å². The number of para-hydroxylation sites is 1. The summed E-state index contributed by atoms with van der Waals surface area (Å²) >= 11 is 2.02. The van der Waals surface area contributed by atoms with Gasteiger partial charge < -0.3 is 10.2 Å². The topological polar surface area (TPSA) is 57.5 Å². The number of carboxylic acid groups (broad SMARTS) is 1. The molecule has 1 fully saturated rings. The zero-order chi connectivity index (χ0) is 13.3. The average Bonchev–Trinajstić information content (AvgIpc) is 3.03. The lowest BCUT2D eigenvalue weighted by molar-refractivity contribution is -0.132. The van der Waals surface area contributed by atoms with E-state index >= 15 is 0 Å². The van der Waals surface area contributed by atoms with Crippen molar-refractivity contribution < 1.29 is 15.0 Å². The highest BCUT2D eigenvalue weighted by atomic mass is 32.2. The monoisotopic (exact) mass is 254 g/mol. The summed E-state index contributed by atoms with van der Waals surface area (Å²) < 4.78 is 0. The molecule has 0 radical (unpaired) electrons. The molecule has 1 aromatic carbocycles. The molecule has 2 rings (SSSR count). The van der Waals surface area contributed by atoms with Crippen molar-refractivity contribution in [2.75, 3.05) is 5.75 Å². The number of benzene rings is 1. The molecule has 0 aliphatic carbocycles. The van der Waals surface area contributed by atoms with E-state index in [2.05, 4.69) is 13.5 Å². The van der Waals surface area contributed by atoms with Crippen LogP contribution in [-0.4, -0.2) is 27.2 Å². The second-order valence-electron chi connectivity index (χ2n) is 3.56. The van der Waals surface area contributed by atoms with Crippen LogP contribution in [0.5, 0.6) is 5.75 Å². The van der Waals surface area contributed by atoms with E-state index in [-0.39, 0.29) is 5.57 Å². The van der Waals surface area contributed by atoms with E-state index in [0.717, 1.165) is 5.25 Å². The van der Waals surface area contributed by atoms with Gasteiger partial charge in [0.25, 0.3) is 0 Å². The van der Waals surface area contributed by atoms with Crippen LogP contribution in [0.1, 0.15) is 13.8 Å². The molecule has 1 saturated heterocycles. The molecule has 1 aromatic rings. The Morgan fingerprint density at radius 2 is 1.76 bits per heavy atom. The van der Waals surface area contributed by atoms with Crippen molar-refractivity contribution in [3.63, 3.8) is 0 Å². The van der Waals surface area contributed by atoms with Gasteiger partial charge in [-0.3, -0.25) is 0 Å². The van der Waals surface area contributed by atoms with E-state index in [1.807, 2.05) is 17.8 Å². The fourth-order valence-corrected chi connectivity index (χ4v) is 0.717. The Hall–Kier alpha value is -1.42. The van der Waals surface area contributed by atoms with Crippen LogP contribution in [0, 0.1) is 0 Å². The number of phenols is 1. The number of carboxylic acids is 1. The summed E-state index contributed by atoms with van der Waals surface area (Å²) in [5.74, 6) is 0.789. The largest absolute Gasteiger partial charge is 0.508 e. The van der Waals surface area contributed by atoms with Crippen molar-refractivity contribution in [3.05, 3.63) is 42.5 Å². The van der Waals surface area contributed by atoms with Gasteiger partial charge in [0.05, 0.1) is 0 Å². The molecule has 17 heavy (non-hydrogen) atoms. The van der Waals surface area contributed by atoms with E-state index in [1.165, 1.54) is 12.7 Å². The third-order valence-electron chi connectivity index (χ3n) is 1.62. The van der Waals surface area contributed by atoms with Gasteiger partial charge in [0.2, 0.25) is 0 Å². The van der Waals surface area contributed by atoms with Crippen molar-refractivity contribution in [2.24, 2.45) is 0 Å². The lowest BCUT2D eigenvalue weighted by Gasteiger charge is -1.82. The van der Waals surface area contributed by atoms with Crippen molar-refractivity contribution in [3.8, 4) is 5.75 Å². The molecule has 3 nitrogen and oxygen atoms in total. The highest BCUT2D eigenvalue weighted by Gasteiger charge is 2.13. The van der Waals surface area contributed by atoms with Crippen LogP contribution in [0.25, 0.3) is 0 Å². The molecule has 2 N–H and O–H groups in total. The third-order valence-corrected chi connectivity index (χ3v) is 2.62. The molecular weight excluding hydrogens is 236 g/mol. The lowest BCUT2D eigenvalue weighted by Crippen LogP contribution is -1.92. The second kappa shape index (κ2) is 8.70. The molecule has 0 saturated carbocycles. The second-order valence-corrected chi connectivity index (χ2v) is 5.04. The summed E-state index contributed by atoms with van der Waals surface area (Å²) in [5.41, 5.74) is 0.176. The third kappa shape index (κ3) is 12.5. The molecule has 0 bridgehead atoms. The van der Waals surface area contributed by atoms with Crippen LogP contribution in [0.4, 0.5) is 0 Å². The first kappa shape index (κ1) is 15.6. The Balaban J connectivity index is 0.000000234. The number of phenolic OH excluding ortho intramolecular Hbond substituents is 1. The summed E-state index contributed by atoms with van der Waals surface area (Å²) in [5, 5.41) is 17.5. The Kier molecular flexibility index (Phi) is 7.97. The molecule has 94 valence electrons. The maximum Gasteiger partial charge on any atom is 0.330 e. The van der Waals surface area contributed by atoms with Gasteiger partial charge in [0, 0.05) is 16.6 Å². The van der Waals surface area contributed by atoms with Crippen LogP contribution < -0.4 is 0 Å². The van der Waals surface area contributed by atoms with E-state index in [0.29, 0.717) is 5.75 Å². The average molecular weight is 254 g/mol. The SMILES string of the molecule is C=C(C)C(=O)O.CC1CS1.Oc1ccccc1. The number of aliphatic carboxylic acids is 1. The minimum Gasteiger partial charge on any atom is -0.508 e. The standard InChI is InChI=1S/C6H6O.C4H6O2.C3H6S/c7-6-4-2-1-3-5-6;1-3(2)4(5)6;1-3-2-4-3/h1-5,7H;1H2,2H3,(H,5,6);3H,2H2,1H3. The van der Waals surface area contributed by atoms with Crippen LogP contribution in [0.15, 0.2) is 42.5 Å². The highest BCUT2D eigenvalue weighted by molar-refractivity contribution is 8.06. The molecule has 1 aliphatic heterocycles. The fourth-order valence-electron chi connectivity index (χ4n) is 0.524. The Labute approximate surface area is 106 Å². The van der Waals surface area contributed by atoms with Gasteiger partial charge in [-0.1, -0.05) is 31.7 Å². The van der Waals surface area contributed by atoms with Gasteiger partial charge in [0.1, 0.15) is 5.75 Å². The summed E-state index contributed by atoms with van der Waals surface area (Å²) in [6.45, 7) is 6.84. The first-order valence-corrected chi connectivity index (χ1v) is 6.22. The van der Waals surface area contributed by atoms with Crippen LogP contribution in [0.2, 0.25) is 0 Å². The first-order chi connectivity index (χ1) is 7.93. The summed E-state index contributed by atoms with van der Waals surface area (Å²) in [7, 11) is 0. The Bertz CT molecular complexity index is 333. The highest BCUT2D eigenvalue weighted by Crippen LogP contribution is 2.28. The van der Waals surface area contributed by atoms with Crippen molar-refractivity contribution in [1.82, 2.24) is 0 Å². The number of aromatic hydroxyl groups is 1. The van der Waals surface area contributed by atoms with Gasteiger partial charge in [0.15, 0.2) is 0 Å². The summed E-state index contributed by atoms with van der Waals surface area (Å²) in [6, 6.07) is 8.71. The number of carbonyl (C=O) groups is 1. The molecular formula is C13H18O3S. The van der Waals surface area contributed by atoms with Crippen molar-refractivity contribution in [2.45, 2.75) is 19.1 Å². The van der Waals surface area contributed by atoms with Gasteiger partial charge in [-0.05, 0) is 19.1 Å². The minimum atomic E-state index is -0.935. The lowest BCUT2D eigenvalue weighted by atomic mass is 10.3. The van der Waals surface area contributed by atoms with E-state index in [9.17, 15) is 4.79 Å². The molecule has 4 heteroatoms. The quantitative estimate of drug-likeness (QED) is 0.597. The summed E-state index contributed by atoms with van der Waals surface area (Å²) in [4.78, 5) is 9.60. The molecule has 0 amide bonds. The van der Waals surface area contributed by atoms with Gasteiger partial charge in [-0.15, -0.1) is 0 Å². The predicted molar refractivity (Wildman–Crippen MR) is 72.5 cm³/mol. The fraction of sp³-hybridized carbons (Fsp3) is 0.308.